The average Bonchev–Trinajstić information content (AvgIpc) is 2.92. The van der Waals surface area contributed by atoms with E-state index < -0.39 is 0 Å². The SMILES string of the molecule is CC(C)(C)c1ccc(-c2[nH]c3ccc(Cl)cc3c2CCCCN)cc1. The molecule has 0 aliphatic rings. The first-order valence-corrected chi connectivity index (χ1v) is 9.39. The Morgan fingerprint density at radius 3 is 2.36 bits per heavy atom. The maximum Gasteiger partial charge on any atom is 0.0497 e. The van der Waals surface area contributed by atoms with Gasteiger partial charge in [-0.05, 0) is 66.1 Å². The highest BCUT2D eigenvalue weighted by molar-refractivity contribution is 6.31. The van der Waals surface area contributed by atoms with Gasteiger partial charge in [0.05, 0.1) is 0 Å². The van der Waals surface area contributed by atoms with E-state index in [1.54, 1.807) is 0 Å². The number of H-pyrrole nitrogens is 1. The van der Waals surface area contributed by atoms with E-state index in [9.17, 15) is 0 Å². The standard InChI is InChI=1S/C22H27ClN2/c1-22(2,3)16-9-7-15(8-10-16)21-18(6-4-5-13-24)19-14-17(23)11-12-20(19)25-21/h7-12,14,25H,4-6,13,24H2,1-3H3. The molecule has 3 aromatic rings. The number of nitrogens with one attached hydrogen (secondary N) is 1. The molecule has 2 aromatic carbocycles. The highest BCUT2D eigenvalue weighted by atomic mass is 35.5. The predicted octanol–water partition coefficient (Wildman–Crippen LogP) is 6.07. The molecule has 0 atom stereocenters. The van der Waals surface area contributed by atoms with E-state index in [1.165, 1.54) is 27.8 Å². The Hall–Kier alpha value is -1.77. The number of nitrogens with two attached hydrogens (primary N) is 1. The highest BCUT2D eigenvalue weighted by Crippen LogP contribution is 2.34. The minimum atomic E-state index is 0.163. The molecular formula is C22H27ClN2. The van der Waals surface area contributed by atoms with Crippen LogP contribution in [0.1, 0.15) is 44.7 Å². The summed E-state index contributed by atoms with van der Waals surface area (Å²) < 4.78 is 0. The molecule has 0 aliphatic heterocycles. The molecule has 0 unspecified atom stereocenters. The van der Waals surface area contributed by atoms with E-state index in [1.807, 2.05) is 6.07 Å². The summed E-state index contributed by atoms with van der Waals surface area (Å²) in [7, 11) is 0. The van der Waals surface area contributed by atoms with E-state index in [0.717, 1.165) is 36.3 Å². The van der Waals surface area contributed by atoms with Gasteiger partial charge in [0, 0.05) is 21.6 Å². The summed E-state index contributed by atoms with van der Waals surface area (Å²) in [6, 6.07) is 15.0. The monoisotopic (exact) mass is 354 g/mol. The average molecular weight is 355 g/mol. The molecule has 3 rings (SSSR count). The van der Waals surface area contributed by atoms with Gasteiger partial charge < -0.3 is 10.7 Å². The third kappa shape index (κ3) is 3.91. The van der Waals surface area contributed by atoms with Crippen LogP contribution in [0.2, 0.25) is 5.02 Å². The minimum absolute atomic E-state index is 0.163. The number of halogens is 1. The smallest absolute Gasteiger partial charge is 0.0497 e. The number of aromatic nitrogens is 1. The second-order valence-electron chi connectivity index (χ2n) is 7.74. The number of benzene rings is 2. The fourth-order valence-corrected chi connectivity index (χ4v) is 3.48. The molecular weight excluding hydrogens is 328 g/mol. The first kappa shape index (κ1) is 18.0. The quantitative estimate of drug-likeness (QED) is 0.536. The zero-order chi connectivity index (χ0) is 18.0. The van der Waals surface area contributed by atoms with Gasteiger partial charge in [0.2, 0.25) is 0 Å². The molecule has 2 nitrogen and oxygen atoms in total. The van der Waals surface area contributed by atoms with E-state index in [-0.39, 0.29) is 5.41 Å². The lowest BCUT2D eigenvalue weighted by molar-refractivity contribution is 0.590. The van der Waals surface area contributed by atoms with Crippen molar-refractivity contribution in [1.82, 2.24) is 4.98 Å². The molecule has 1 heterocycles. The van der Waals surface area contributed by atoms with Crippen LogP contribution in [-0.4, -0.2) is 11.5 Å². The van der Waals surface area contributed by atoms with Crippen molar-refractivity contribution in [1.29, 1.82) is 0 Å². The summed E-state index contributed by atoms with van der Waals surface area (Å²) in [6.07, 6.45) is 3.13. The second kappa shape index (κ2) is 7.23. The Balaban J connectivity index is 2.06. The van der Waals surface area contributed by atoms with Gasteiger partial charge in [-0.15, -0.1) is 0 Å². The number of unbranched alkanes of at least 4 members (excludes halogenated alkanes) is 1. The first-order valence-electron chi connectivity index (χ1n) is 9.01. The molecule has 25 heavy (non-hydrogen) atoms. The van der Waals surface area contributed by atoms with Gasteiger partial charge in [0.1, 0.15) is 0 Å². The van der Waals surface area contributed by atoms with Crippen molar-refractivity contribution in [2.24, 2.45) is 5.73 Å². The van der Waals surface area contributed by atoms with Crippen LogP contribution in [0, 0.1) is 0 Å². The third-order valence-corrected chi connectivity index (χ3v) is 5.02. The van der Waals surface area contributed by atoms with Crippen LogP contribution in [-0.2, 0) is 11.8 Å². The summed E-state index contributed by atoms with van der Waals surface area (Å²) in [5.41, 5.74) is 12.1. The largest absolute Gasteiger partial charge is 0.354 e. The number of aryl methyl sites for hydroxylation is 1. The van der Waals surface area contributed by atoms with Crippen LogP contribution >= 0.6 is 11.6 Å². The second-order valence-corrected chi connectivity index (χ2v) is 8.18. The van der Waals surface area contributed by atoms with Crippen molar-refractivity contribution >= 4 is 22.5 Å². The number of aromatic amines is 1. The molecule has 0 aliphatic carbocycles. The number of fused-ring (bicyclic) bond motifs is 1. The molecule has 3 heteroatoms. The predicted molar refractivity (Wildman–Crippen MR) is 109 cm³/mol. The maximum absolute atomic E-state index is 6.24. The lowest BCUT2D eigenvalue weighted by Crippen LogP contribution is -2.10. The lowest BCUT2D eigenvalue weighted by Gasteiger charge is -2.19. The van der Waals surface area contributed by atoms with Crippen molar-refractivity contribution in [3.63, 3.8) is 0 Å². The zero-order valence-corrected chi connectivity index (χ0v) is 16.1. The summed E-state index contributed by atoms with van der Waals surface area (Å²) in [6.45, 7) is 7.46. The van der Waals surface area contributed by atoms with Gasteiger partial charge >= 0.3 is 0 Å². The summed E-state index contributed by atoms with van der Waals surface area (Å²) in [4.78, 5) is 3.60. The van der Waals surface area contributed by atoms with Crippen molar-refractivity contribution in [3.8, 4) is 11.3 Å². The number of rotatable bonds is 5. The Morgan fingerprint density at radius 2 is 1.72 bits per heavy atom. The minimum Gasteiger partial charge on any atom is -0.354 e. The van der Waals surface area contributed by atoms with E-state index in [0.29, 0.717) is 0 Å². The van der Waals surface area contributed by atoms with Crippen molar-refractivity contribution < 1.29 is 0 Å². The molecule has 0 bridgehead atoms. The first-order chi connectivity index (χ1) is 11.9. The van der Waals surface area contributed by atoms with Crippen molar-refractivity contribution in [2.75, 3.05) is 6.54 Å². The summed E-state index contributed by atoms with van der Waals surface area (Å²) in [5.74, 6) is 0. The zero-order valence-electron chi connectivity index (χ0n) is 15.3. The number of hydrogen-bond donors (Lipinski definition) is 2. The van der Waals surface area contributed by atoms with Crippen LogP contribution < -0.4 is 5.73 Å². The van der Waals surface area contributed by atoms with Crippen LogP contribution in [0.3, 0.4) is 0 Å². The Labute approximate surface area is 155 Å². The topological polar surface area (TPSA) is 41.8 Å². The van der Waals surface area contributed by atoms with Gasteiger partial charge in [0.15, 0.2) is 0 Å². The van der Waals surface area contributed by atoms with E-state index in [4.69, 9.17) is 17.3 Å². The Bertz CT molecular complexity index is 854. The van der Waals surface area contributed by atoms with Crippen LogP contribution in [0.4, 0.5) is 0 Å². The van der Waals surface area contributed by atoms with Gasteiger partial charge in [0.25, 0.3) is 0 Å². The van der Waals surface area contributed by atoms with E-state index >= 15 is 0 Å². The number of hydrogen-bond acceptors (Lipinski definition) is 1. The van der Waals surface area contributed by atoms with Crippen LogP contribution in [0.25, 0.3) is 22.2 Å². The van der Waals surface area contributed by atoms with Crippen molar-refractivity contribution in [2.45, 2.75) is 45.4 Å². The van der Waals surface area contributed by atoms with Gasteiger partial charge in [-0.2, -0.15) is 0 Å². The van der Waals surface area contributed by atoms with Gasteiger partial charge in [-0.3, -0.25) is 0 Å². The van der Waals surface area contributed by atoms with Crippen LogP contribution in [0.5, 0.6) is 0 Å². The highest BCUT2D eigenvalue weighted by Gasteiger charge is 2.16. The lowest BCUT2D eigenvalue weighted by atomic mass is 9.86. The fraction of sp³-hybridized carbons (Fsp3) is 0.364. The fourth-order valence-electron chi connectivity index (χ4n) is 3.31. The van der Waals surface area contributed by atoms with Crippen molar-refractivity contribution in [3.05, 3.63) is 58.6 Å². The summed E-state index contributed by atoms with van der Waals surface area (Å²) in [5, 5.41) is 2.00. The molecule has 132 valence electrons. The molecule has 0 amide bonds. The Morgan fingerprint density at radius 1 is 1.00 bits per heavy atom. The molecule has 0 saturated heterocycles. The normalized spacial score (nSPS) is 12.0. The molecule has 0 fully saturated rings. The molecule has 3 N–H and O–H groups in total. The maximum atomic E-state index is 6.24. The molecule has 0 radical (unpaired) electrons. The third-order valence-electron chi connectivity index (χ3n) is 4.79. The van der Waals surface area contributed by atoms with Gasteiger partial charge in [-0.25, -0.2) is 0 Å². The summed E-state index contributed by atoms with van der Waals surface area (Å²) >= 11 is 6.24. The molecule has 1 aromatic heterocycles. The van der Waals surface area contributed by atoms with Gasteiger partial charge in [-0.1, -0.05) is 56.6 Å². The van der Waals surface area contributed by atoms with Crippen LogP contribution in [0.15, 0.2) is 42.5 Å². The molecule has 0 saturated carbocycles. The molecule has 0 spiro atoms. The Kier molecular flexibility index (Phi) is 5.21. The van der Waals surface area contributed by atoms with E-state index in [2.05, 4.69) is 62.2 Å².